The van der Waals surface area contributed by atoms with E-state index in [4.69, 9.17) is 35.6 Å². The zero-order valence-electron chi connectivity index (χ0n) is 29.8. The van der Waals surface area contributed by atoms with Crippen molar-refractivity contribution in [2.45, 2.75) is 64.2 Å². The minimum Gasteiger partial charge on any atom is -0.485 e. The summed E-state index contributed by atoms with van der Waals surface area (Å²) < 4.78 is 44.4. The number of hydrogen-bond donors (Lipinski definition) is 1. The van der Waals surface area contributed by atoms with Gasteiger partial charge in [-0.15, -0.1) is 6.58 Å². The van der Waals surface area contributed by atoms with Crippen LogP contribution in [0.25, 0.3) is 0 Å². The van der Waals surface area contributed by atoms with Gasteiger partial charge in [0, 0.05) is 23.8 Å². The number of halogens is 1. The summed E-state index contributed by atoms with van der Waals surface area (Å²) in [5.74, 6) is 0.798. The number of fused-ring (bicyclic) bond motifs is 2. The summed E-state index contributed by atoms with van der Waals surface area (Å²) in [6.45, 7) is 11.1. The fourth-order valence-corrected chi connectivity index (χ4v) is 11.3. The molecule has 0 saturated carbocycles. The topological polar surface area (TPSA) is 101 Å². The number of hydrogen-bond acceptors (Lipinski definition) is 8. The summed E-state index contributed by atoms with van der Waals surface area (Å²) in [7, 11) is -2.75. The Morgan fingerprint density at radius 3 is 2.13 bits per heavy atom. The van der Waals surface area contributed by atoms with E-state index in [1.165, 1.54) is 10.4 Å². The van der Waals surface area contributed by atoms with Gasteiger partial charge in [0.25, 0.3) is 13.9 Å². The average Bonchev–Trinajstić information content (AvgIpc) is 3.63. The molecule has 0 radical (unpaired) electrons. The zero-order chi connectivity index (χ0) is 37.6. The van der Waals surface area contributed by atoms with Crippen LogP contribution in [0.3, 0.4) is 0 Å². The van der Waals surface area contributed by atoms with E-state index in [0.717, 1.165) is 28.3 Å². The molecule has 1 fully saturated rings. The number of nitrogens with zero attached hydrogens (tertiary/aromatic N) is 1. The molecular formula is C41H41FN2O7SSi. The van der Waals surface area contributed by atoms with E-state index in [1.54, 1.807) is 6.08 Å². The number of H-pyrrole nitrogens is 1. The van der Waals surface area contributed by atoms with Crippen LogP contribution >= 0.6 is 12.2 Å². The third-order valence-electron chi connectivity index (χ3n) is 9.11. The molecule has 53 heavy (non-hydrogen) atoms. The van der Waals surface area contributed by atoms with E-state index in [0.29, 0.717) is 36.9 Å². The molecule has 4 aromatic carbocycles. The fraction of sp³-hybridized carbons (Fsp3) is 0.244. The van der Waals surface area contributed by atoms with E-state index >= 15 is 0 Å². The first-order chi connectivity index (χ1) is 25.5. The highest BCUT2D eigenvalue weighted by Crippen LogP contribution is 2.42. The lowest BCUT2D eigenvalue weighted by atomic mass is 10.1. The summed E-state index contributed by atoms with van der Waals surface area (Å²) in [6, 6.07) is 35.0. The smallest absolute Gasteiger partial charge is 0.363 e. The Kier molecular flexibility index (Phi) is 11.5. The molecule has 2 bridgehead atoms. The van der Waals surface area contributed by atoms with Crippen molar-refractivity contribution in [2.75, 3.05) is 0 Å². The highest BCUT2D eigenvalue weighted by Gasteiger charge is 2.50. The lowest BCUT2D eigenvalue weighted by Crippen LogP contribution is -2.66. The molecule has 0 aliphatic carbocycles. The van der Waals surface area contributed by atoms with Crippen LogP contribution in [0, 0.1) is 5.82 Å². The van der Waals surface area contributed by atoms with E-state index in [2.05, 4.69) is 75.9 Å². The predicted octanol–water partition coefficient (Wildman–Crippen LogP) is 6.94. The van der Waals surface area contributed by atoms with Crippen molar-refractivity contribution in [3.05, 3.63) is 160 Å². The Labute approximate surface area is 313 Å². The molecule has 9 nitrogen and oxygen atoms in total. The van der Waals surface area contributed by atoms with Crippen molar-refractivity contribution >= 4 is 36.1 Å². The molecule has 0 amide bonds. The van der Waals surface area contributed by atoms with Crippen molar-refractivity contribution in [3.8, 4) is 17.2 Å². The number of rotatable bonds is 10. The molecular weight excluding hydrogens is 712 g/mol. The van der Waals surface area contributed by atoms with Crippen molar-refractivity contribution in [2.24, 2.45) is 0 Å². The standard InChI is InChI=1S/C31H30O4SSi.C10H11FN2O3/c1-31(2,3)37(26-15-9-5-10-16-26,27-17-11-6-12-18-27)33-22-24-19-25-20-28(35-30(36)34-25)29(24)32-21-23-13-7-4-8-14-23;1-2-6-3-4-8(16-6)13-5-7(11)9(14)12-10(13)15/h4-20H,21-22H2,1-3H3;2,5-6,8H,1,3-4H2,(H,12,14,15)/t;6-,8+/m.0/s1. The third-order valence-corrected chi connectivity index (χ3v) is 14.3. The number of ether oxygens (including phenoxy) is 4. The van der Waals surface area contributed by atoms with Gasteiger partial charge in [0.05, 0.1) is 18.9 Å². The van der Waals surface area contributed by atoms with Crippen LogP contribution in [0.5, 0.6) is 17.2 Å². The van der Waals surface area contributed by atoms with Crippen LogP contribution in [0.1, 0.15) is 51.0 Å². The Balaban J connectivity index is 0.000000250. The van der Waals surface area contributed by atoms with Crippen LogP contribution < -0.4 is 35.8 Å². The van der Waals surface area contributed by atoms with Gasteiger partial charge in [0.15, 0.2) is 11.5 Å². The number of thiocarbonyl (C=S) groups is 1. The Hall–Kier alpha value is -5.14. The minimum absolute atomic E-state index is 0.0662. The van der Waals surface area contributed by atoms with Gasteiger partial charge >= 0.3 is 10.9 Å². The van der Waals surface area contributed by atoms with E-state index in [1.807, 2.05) is 59.6 Å². The maximum absolute atomic E-state index is 13.0. The van der Waals surface area contributed by atoms with Gasteiger partial charge in [-0.3, -0.25) is 14.3 Å². The monoisotopic (exact) mass is 752 g/mol. The maximum atomic E-state index is 13.0. The predicted molar refractivity (Wildman–Crippen MR) is 208 cm³/mol. The average molecular weight is 753 g/mol. The van der Waals surface area contributed by atoms with Crippen LogP contribution in [-0.4, -0.2) is 29.2 Å². The largest absolute Gasteiger partial charge is 0.485 e. The number of benzene rings is 4. The van der Waals surface area contributed by atoms with Crippen LogP contribution in [0.2, 0.25) is 5.04 Å². The van der Waals surface area contributed by atoms with Crippen molar-refractivity contribution < 1.29 is 27.8 Å². The van der Waals surface area contributed by atoms with Crippen LogP contribution in [0.15, 0.2) is 132 Å². The molecule has 1 N–H and O–H groups in total. The second-order valence-electron chi connectivity index (χ2n) is 13.7. The molecule has 12 heteroatoms. The molecule has 3 heterocycles. The van der Waals surface area contributed by atoms with E-state index < -0.39 is 31.6 Å². The summed E-state index contributed by atoms with van der Waals surface area (Å²) in [5, 5.41) is 2.36. The Morgan fingerprint density at radius 1 is 0.925 bits per heavy atom. The van der Waals surface area contributed by atoms with Gasteiger partial charge in [-0.2, -0.15) is 4.39 Å². The molecule has 2 atom stereocenters. The van der Waals surface area contributed by atoms with E-state index in [9.17, 15) is 14.0 Å². The second-order valence-corrected chi connectivity index (χ2v) is 18.3. The number of aromatic nitrogens is 2. The first-order valence-corrected chi connectivity index (χ1v) is 19.6. The highest BCUT2D eigenvalue weighted by atomic mass is 32.1. The number of aromatic amines is 1. The maximum Gasteiger partial charge on any atom is 0.363 e. The minimum atomic E-state index is -2.75. The molecule has 5 aromatic rings. The highest BCUT2D eigenvalue weighted by molar-refractivity contribution is 7.79. The zero-order valence-corrected chi connectivity index (χ0v) is 31.6. The SMILES string of the molecule is C=C[C@H]1CC[C@H](n2cc(F)c(=O)[nH]c2=O)O1.CC(C)(C)[Si](OCc1cc2cc(c1OCc1ccccc1)OC(=S)O2)(c1ccccc1)c1ccccc1. The Morgan fingerprint density at radius 2 is 1.55 bits per heavy atom. The van der Waals surface area contributed by atoms with Gasteiger partial charge in [-0.05, 0) is 39.9 Å². The normalized spacial score (nSPS) is 16.5. The van der Waals surface area contributed by atoms with Gasteiger partial charge in [-0.25, -0.2) is 4.79 Å². The Bertz CT molecular complexity index is 2130. The van der Waals surface area contributed by atoms with Crippen LogP contribution in [-0.2, 0) is 22.4 Å². The van der Waals surface area contributed by atoms with Crippen molar-refractivity contribution in [3.63, 3.8) is 0 Å². The van der Waals surface area contributed by atoms with Gasteiger partial charge in [-0.1, -0.05) is 118 Å². The molecule has 1 aromatic heterocycles. The molecule has 274 valence electrons. The molecule has 2 aliphatic rings. The lowest BCUT2D eigenvalue weighted by molar-refractivity contribution is 0.0197. The third kappa shape index (κ3) is 8.41. The van der Waals surface area contributed by atoms with Crippen molar-refractivity contribution in [1.82, 2.24) is 9.55 Å². The molecule has 0 spiro atoms. The van der Waals surface area contributed by atoms with Gasteiger partial charge < -0.3 is 23.4 Å². The van der Waals surface area contributed by atoms with Gasteiger partial charge in [0.1, 0.15) is 18.6 Å². The van der Waals surface area contributed by atoms with Crippen LogP contribution in [0.4, 0.5) is 4.39 Å². The summed E-state index contributed by atoms with van der Waals surface area (Å²) in [5.41, 5.74) is 0.242. The molecule has 0 unspecified atom stereocenters. The second kappa shape index (κ2) is 16.3. The number of nitrogens with one attached hydrogen (secondary N) is 1. The fourth-order valence-electron chi connectivity index (χ4n) is 6.62. The molecule has 1 saturated heterocycles. The van der Waals surface area contributed by atoms with Gasteiger partial charge in [0.2, 0.25) is 5.82 Å². The molecule has 7 rings (SSSR count). The quantitative estimate of drug-likeness (QED) is 0.0932. The van der Waals surface area contributed by atoms with Crippen molar-refractivity contribution in [1.29, 1.82) is 0 Å². The first-order valence-electron chi connectivity index (χ1n) is 17.3. The first kappa shape index (κ1) is 37.6. The summed E-state index contributed by atoms with van der Waals surface area (Å²) >= 11 is 5.20. The summed E-state index contributed by atoms with van der Waals surface area (Å²) in [4.78, 5) is 24.1. The molecule has 2 aliphatic heterocycles. The lowest BCUT2D eigenvalue weighted by Gasteiger charge is -2.43. The summed E-state index contributed by atoms with van der Waals surface area (Å²) in [6.07, 6.45) is 3.14. The van der Waals surface area contributed by atoms with E-state index in [-0.39, 0.29) is 16.4 Å².